The number of hydrogen-bond donors (Lipinski definition) is 2. The van der Waals surface area contributed by atoms with Crippen LogP contribution in [0.25, 0.3) is 10.9 Å². The zero-order valence-corrected chi connectivity index (χ0v) is 20.5. The van der Waals surface area contributed by atoms with Crippen LogP contribution >= 0.6 is 12.4 Å². The summed E-state index contributed by atoms with van der Waals surface area (Å²) in [5.74, 6) is -3.77. The van der Waals surface area contributed by atoms with E-state index in [0.29, 0.717) is 23.3 Å². The van der Waals surface area contributed by atoms with Gasteiger partial charge in [-0.25, -0.2) is 8.78 Å². The van der Waals surface area contributed by atoms with Crippen molar-refractivity contribution in [3.05, 3.63) is 36.0 Å². The molecule has 0 aliphatic carbocycles. The predicted octanol–water partition coefficient (Wildman–Crippen LogP) is 1.82. The molecule has 194 valence electrons. The van der Waals surface area contributed by atoms with Crippen LogP contribution in [0.1, 0.15) is 23.2 Å². The lowest BCUT2D eigenvalue weighted by Crippen LogP contribution is -2.43. The van der Waals surface area contributed by atoms with Crippen LogP contribution in [0.2, 0.25) is 0 Å². The summed E-state index contributed by atoms with van der Waals surface area (Å²) >= 11 is 0. The number of carbonyl (C=O) groups is 2. The Hall–Kier alpha value is -3.07. The lowest BCUT2D eigenvalue weighted by Gasteiger charge is -2.26. The molecule has 0 unspecified atom stereocenters. The summed E-state index contributed by atoms with van der Waals surface area (Å²) in [5, 5.41) is 15.4. The van der Waals surface area contributed by atoms with E-state index in [0.717, 1.165) is 44.0 Å². The molecule has 1 aromatic heterocycles. The van der Waals surface area contributed by atoms with Gasteiger partial charge in [-0.15, -0.1) is 12.4 Å². The van der Waals surface area contributed by atoms with Gasteiger partial charge in [-0.05, 0) is 30.7 Å². The molecular weight excluding hydrogens is 494 g/mol. The van der Waals surface area contributed by atoms with Gasteiger partial charge in [0.05, 0.1) is 36.8 Å². The molecular formula is C24H29ClF2N6O3. The third kappa shape index (κ3) is 6.78. The average Bonchev–Trinajstić information content (AvgIpc) is 3.19. The highest BCUT2D eigenvalue weighted by Crippen LogP contribution is 2.31. The number of rotatable bonds is 8. The minimum atomic E-state index is -3.11. The second-order valence-electron chi connectivity index (χ2n) is 8.74. The van der Waals surface area contributed by atoms with Crippen LogP contribution in [0.4, 0.5) is 8.78 Å². The number of alkyl halides is 2. The normalized spacial score (nSPS) is 19.4. The molecule has 2 N–H and O–H groups in total. The summed E-state index contributed by atoms with van der Waals surface area (Å²) < 4.78 is 33.1. The molecule has 0 radical (unpaired) electrons. The van der Waals surface area contributed by atoms with Crippen molar-refractivity contribution < 1.29 is 23.1 Å². The Labute approximate surface area is 214 Å². The number of halogens is 3. The number of amides is 2. The first-order valence-electron chi connectivity index (χ1n) is 11.7. The summed E-state index contributed by atoms with van der Waals surface area (Å²) in [7, 11) is 0. The number of carbonyl (C=O) groups excluding carboxylic acids is 2. The van der Waals surface area contributed by atoms with Crippen molar-refractivity contribution in [1.82, 2.24) is 25.4 Å². The average molecular weight is 523 g/mol. The number of benzene rings is 1. The molecule has 0 saturated carbocycles. The van der Waals surface area contributed by atoms with E-state index in [9.17, 15) is 18.4 Å². The van der Waals surface area contributed by atoms with Gasteiger partial charge in [0.25, 0.3) is 11.8 Å². The van der Waals surface area contributed by atoms with Crippen molar-refractivity contribution in [1.29, 1.82) is 5.26 Å². The van der Waals surface area contributed by atoms with Gasteiger partial charge in [-0.2, -0.15) is 5.26 Å². The maximum atomic E-state index is 13.6. The number of likely N-dealkylation sites (tertiary alicyclic amines) is 1. The molecule has 2 amide bonds. The van der Waals surface area contributed by atoms with Gasteiger partial charge < -0.3 is 25.2 Å². The highest BCUT2D eigenvalue weighted by Gasteiger charge is 2.47. The Bertz CT molecular complexity index is 1120. The molecule has 9 nitrogen and oxygen atoms in total. The summed E-state index contributed by atoms with van der Waals surface area (Å²) in [5.41, 5.74) is 0.874. The highest BCUT2D eigenvalue weighted by molar-refractivity contribution is 6.07. The highest BCUT2D eigenvalue weighted by atomic mass is 35.5. The fourth-order valence-corrected chi connectivity index (χ4v) is 4.37. The predicted molar refractivity (Wildman–Crippen MR) is 131 cm³/mol. The van der Waals surface area contributed by atoms with E-state index in [2.05, 4.69) is 20.5 Å². The van der Waals surface area contributed by atoms with Crippen molar-refractivity contribution in [3.8, 4) is 11.8 Å². The first-order chi connectivity index (χ1) is 16.9. The number of fused-ring (bicyclic) bond motifs is 1. The zero-order chi connectivity index (χ0) is 24.8. The summed E-state index contributed by atoms with van der Waals surface area (Å²) in [6, 6.07) is 7.33. The molecule has 2 fully saturated rings. The van der Waals surface area contributed by atoms with Gasteiger partial charge in [0.2, 0.25) is 5.91 Å². The molecule has 2 aliphatic heterocycles. The largest absolute Gasteiger partial charge is 0.494 e. The van der Waals surface area contributed by atoms with Crippen molar-refractivity contribution >= 4 is 35.1 Å². The number of ether oxygens (including phenoxy) is 1. The van der Waals surface area contributed by atoms with Crippen LogP contribution < -0.4 is 15.4 Å². The molecule has 0 bridgehead atoms. The number of pyridine rings is 1. The van der Waals surface area contributed by atoms with E-state index in [1.54, 1.807) is 24.3 Å². The lowest BCUT2D eigenvalue weighted by molar-refractivity contribution is -0.131. The third-order valence-corrected chi connectivity index (χ3v) is 6.19. The SMILES string of the molecule is Cl.N#C[C@@H]1CC(F)(F)CN1C(=O)CNC(=O)c1ccnc2ccc(OCCCN3CCNCC3)cc12. The number of aromatic nitrogens is 1. The van der Waals surface area contributed by atoms with Crippen molar-refractivity contribution in [2.75, 3.05) is 52.4 Å². The number of piperazine rings is 1. The Kier molecular flexibility index (Phi) is 9.37. The second-order valence-corrected chi connectivity index (χ2v) is 8.74. The van der Waals surface area contributed by atoms with E-state index in [1.807, 2.05) is 0 Å². The molecule has 2 aliphatic rings. The lowest BCUT2D eigenvalue weighted by atomic mass is 10.1. The summed E-state index contributed by atoms with van der Waals surface area (Å²) in [6.07, 6.45) is 1.66. The maximum Gasteiger partial charge on any atom is 0.268 e. The van der Waals surface area contributed by atoms with Gasteiger partial charge in [0.15, 0.2) is 0 Å². The summed E-state index contributed by atoms with van der Waals surface area (Å²) in [4.78, 5) is 32.7. The van der Waals surface area contributed by atoms with E-state index in [4.69, 9.17) is 10.00 Å². The van der Waals surface area contributed by atoms with Gasteiger partial charge >= 0.3 is 0 Å². The minimum Gasteiger partial charge on any atom is -0.494 e. The fourth-order valence-electron chi connectivity index (χ4n) is 4.37. The van der Waals surface area contributed by atoms with E-state index in [-0.39, 0.29) is 18.0 Å². The monoisotopic (exact) mass is 522 g/mol. The standard InChI is InChI=1S/C24H28F2N6O3.ClH/c25-24(26)13-17(14-27)32(16-24)22(33)15-30-23(34)19-4-5-29-21-3-2-18(12-20(19)21)35-11-1-8-31-9-6-28-7-10-31;/h2-5,12,17,28H,1,6-11,13,15-16H2,(H,30,34);1H/t17-;/m0./s1. The van der Waals surface area contributed by atoms with Crippen LogP contribution in [0.15, 0.2) is 30.5 Å². The Balaban J connectivity index is 0.00000361. The fraction of sp³-hybridized carbons (Fsp3) is 0.500. The topological polar surface area (TPSA) is 111 Å². The molecule has 3 heterocycles. The minimum absolute atomic E-state index is 0. The van der Waals surface area contributed by atoms with Gasteiger partial charge in [-0.1, -0.05) is 0 Å². The Morgan fingerprint density at radius 2 is 2.06 bits per heavy atom. The molecule has 12 heteroatoms. The van der Waals surface area contributed by atoms with Crippen LogP contribution in [0, 0.1) is 11.3 Å². The van der Waals surface area contributed by atoms with Crippen molar-refractivity contribution in [2.24, 2.45) is 0 Å². The second kappa shape index (κ2) is 12.3. The number of nitrogens with one attached hydrogen (secondary N) is 2. The van der Waals surface area contributed by atoms with Crippen molar-refractivity contribution in [3.63, 3.8) is 0 Å². The molecule has 2 aromatic rings. The van der Waals surface area contributed by atoms with Crippen LogP contribution in [-0.2, 0) is 4.79 Å². The first kappa shape index (κ1) is 27.5. The molecule has 2 saturated heterocycles. The van der Waals surface area contributed by atoms with Gasteiger partial charge in [0, 0.05) is 50.7 Å². The molecule has 4 rings (SSSR count). The third-order valence-electron chi connectivity index (χ3n) is 6.19. The molecule has 36 heavy (non-hydrogen) atoms. The summed E-state index contributed by atoms with van der Waals surface area (Å²) in [6.45, 7) is 4.23. The molecule has 1 atom stereocenters. The Morgan fingerprint density at radius 3 is 2.81 bits per heavy atom. The van der Waals surface area contributed by atoms with E-state index < -0.39 is 43.3 Å². The van der Waals surface area contributed by atoms with E-state index in [1.165, 1.54) is 12.3 Å². The van der Waals surface area contributed by atoms with Crippen LogP contribution in [0.3, 0.4) is 0 Å². The van der Waals surface area contributed by atoms with Gasteiger partial charge in [0.1, 0.15) is 11.8 Å². The number of nitriles is 1. The molecule has 1 aromatic carbocycles. The Morgan fingerprint density at radius 1 is 1.28 bits per heavy atom. The first-order valence-corrected chi connectivity index (χ1v) is 11.7. The van der Waals surface area contributed by atoms with Crippen LogP contribution in [-0.4, -0.2) is 91.0 Å². The molecule has 0 spiro atoms. The number of nitrogens with zero attached hydrogens (tertiary/aromatic N) is 4. The zero-order valence-electron chi connectivity index (χ0n) is 19.7. The maximum absolute atomic E-state index is 13.6. The van der Waals surface area contributed by atoms with Crippen molar-refractivity contribution in [2.45, 2.75) is 24.8 Å². The number of hydrogen-bond acceptors (Lipinski definition) is 7. The smallest absolute Gasteiger partial charge is 0.268 e. The van der Waals surface area contributed by atoms with Crippen LogP contribution in [0.5, 0.6) is 5.75 Å². The quantitative estimate of drug-likeness (QED) is 0.509. The van der Waals surface area contributed by atoms with E-state index >= 15 is 0 Å². The van der Waals surface area contributed by atoms with Gasteiger partial charge in [-0.3, -0.25) is 14.6 Å².